The number of hydrogen-bond donors (Lipinski definition) is 0. The Morgan fingerprint density at radius 2 is 1.52 bits per heavy atom. The first-order valence-electron chi connectivity index (χ1n) is 6.51. The summed E-state index contributed by atoms with van der Waals surface area (Å²) in [5.74, 6) is -0.811. The fraction of sp³-hybridized carbons (Fsp3) is 0.176. The number of nitrogens with zero attached hydrogens (tertiary/aromatic N) is 1. The van der Waals surface area contributed by atoms with Gasteiger partial charge in [-0.1, -0.05) is 0 Å². The van der Waals surface area contributed by atoms with Crippen LogP contribution in [0.15, 0.2) is 36.4 Å². The third-order valence-electron chi connectivity index (χ3n) is 2.84. The van der Waals surface area contributed by atoms with Gasteiger partial charge in [0.05, 0.1) is 25.9 Å². The van der Waals surface area contributed by atoms with Crippen LogP contribution in [0.3, 0.4) is 0 Å². The van der Waals surface area contributed by atoms with Crippen molar-refractivity contribution in [2.45, 2.75) is 6.92 Å². The van der Waals surface area contributed by atoms with E-state index < -0.39 is 11.6 Å². The standard InChI is InChI=1S/C9H9FO2.C8H6FNO/c1-6(11)7-3-4-8(10)9(5-7)12-2;1-11-8-4-6(5-10)2-3-7(8)9/h3-5H,1-2H3;2-4H,1H3. The lowest BCUT2D eigenvalue weighted by Crippen LogP contribution is -1.95. The monoisotopic (exact) mass is 319 g/mol. The number of nitriles is 1. The molecule has 0 spiro atoms. The van der Waals surface area contributed by atoms with Crippen molar-refractivity contribution in [3.8, 4) is 17.6 Å². The zero-order valence-electron chi connectivity index (χ0n) is 12.9. The van der Waals surface area contributed by atoms with Gasteiger partial charge in [0.1, 0.15) is 0 Å². The first-order chi connectivity index (χ1) is 10.9. The summed E-state index contributed by atoms with van der Waals surface area (Å²) in [6.07, 6.45) is 0. The van der Waals surface area contributed by atoms with Crippen LogP contribution in [-0.4, -0.2) is 20.0 Å². The average molecular weight is 319 g/mol. The van der Waals surface area contributed by atoms with Crippen LogP contribution in [0.25, 0.3) is 0 Å². The molecule has 4 nitrogen and oxygen atoms in total. The summed E-state index contributed by atoms with van der Waals surface area (Å²) in [6.45, 7) is 1.42. The molecule has 23 heavy (non-hydrogen) atoms. The second kappa shape index (κ2) is 8.49. The van der Waals surface area contributed by atoms with Crippen LogP contribution in [0.1, 0.15) is 22.8 Å². The largest absolute Gasteiger partial charge is 0.494 e. The van der Waals surface area contributed by atoms with E-state index in [2.05, 4.69) is 4.74 Å². The molecule has 0 aliphatic carbocycles. The summed E-state index contributed by atoms with van der Waals surface area (Å²) in [5, 5.41) is 8.42. The van der Waals surface area contributed by atoms with Gasteiger partial charge in [0.2, 0.25) is 0 Å². The van der Waals surface area contributed by atoms with Gasteiger partial charge in [0.15, 0.2) is 28.9 Å². The minimum Gasteiger partial charge on any atom is -0.494 e. The normalized spacial score (nSPS) is 9.22. The number of ether oxygens (including phenoxy) is 2. The van der Waals surface area contributed by atoms with Crippen molar-refractivity contribution in [2.75, 3.05) is 14.2 Å². The van der Waals surface area contributed by atoms with Crippen LogP contribution >= 0.6 is 0 Å². The Morgan fingerprint density at radius 3 is 2.00 bits per heavy atom. The van der Waals surface area contributed by atoms with Crippen LogP contribution in [-0.2, 0) is 0 Å². The molecule has 0 heterocycles. The topological polar surface area (TPSA) is 59.3 Å². The molecule has 0 radical (unpaired) electrons. The summed E-state index contributed by atoms with van der Waals surface area (Å²) < 4.78 is 34.8. The highest BCUT2D eigenvalue weighted by molar-refractivity contribution is 5.94. The van der Waals surface area contributed by atoms with Crippen molar-refractivity contribution in [3.05, 3.63) is 59.2 Å². The highest BCUT2D eigenvalue weighted by Crippen LogP contribution is 2.18. The molecule has 0 saturated carbocycles. The van der Waals surface area contributed by atoms with Gasteiger partial charge in [-0.05, 0) is 37.3 Å². The summed E-state index contributed by atoms with van der Waals surface area (Å²) in [5.41, 5.74) is 0.844. The second-order valence-electron chi connectivity index (χ2n) is 4.37. The quantitative estimate of drug-likeness (QED) is 0.809. The van der Waals surface area contributed by atoms with E-state index in [1.165, 1.54) is 57.5 Å². The summed E-state index contributed by atoms with van der Waals surface area (Å²) in [6, 6.07) is 9.88. The minimum atomic E-state index is -0.456. The fourth-order valence-corrected chi connectivity index (χ4v) is 1.61. The molecule has 0 bridgehead atoms. The van der Waals surface area contributed by atoms with Crippen molar-refractivity contribution in [1.82, 2.24) is 0 Å². The van der Waals surface area contributed by atoms with E-state index in [4.69, 9.17) is 10.00 Å². The molecular weight excluding hydrogens is 304 g/mol. The van der Waals surface area contributed by atoms with Gasteiger partial charge in [-0.15, -0.1) is 0 Å². The predicted octanol–water partition coefficient (Wildman–Crippen LogP) is 3.74. The number of benzene rings is 2. The first-order valence-corrected chi connectivity index (χ1v) is 6.51. The molecule has 2 aromatic carbocycles. The number of ketones is 1. The Bertz CT molecular complexity index is 739. The molecule has 0 amide bonds. The number of carbonyl (C=O) groups is 1. The van der Waals surface area contributed by atoms with Gasteiger partial charge in [0, 0.05) is 11.6 Å². The van der Waals surface area contributed by atoms with Crippen LogP contribution in [0.4, 0.5) is 8.78 Å². The van der Waals surface area contributed by atoms with E-state index in [-0.39, 0.29) is 17.3 Å². The molecular formula is C17H15F2NO3. The summed E-state index contributed by atoms with van der Waals surface area (Å²) in [4.78, 5) is 10.8. The smallest absolute Gasteiger partial charge is 0.165 e. The van der Waals surface area contributed by atoms with Crippen LogP contribution in [0.2, 0.25) is 0 Å². The molecule has 0 atom stereocenters. The van der Waals surface area contributed by atoms with Crippen molar-refractivity contribution < 1.29 is 23.0 Å². The minimum absolute atomic E-state index is 0.0997. The Morgan fingerprint density at radius 1 is 1.00 bits per heavy atom. The van der Waals surface area contributed by atoms with Crippen LogP contribution < -0.4 is 9.47 Å². The van der Waals surface area contributed by atoms with E-state index >= 15 is 0 Å². The SMILES string of the molecule is COc1cc(C#N)ccc1F.COc1cc(C(C)=O)ccc1F. The molecule has 0 saturated heterocycles. The van der Waals surface area contributed by atoms with E-state index in [9.17, 15) is 13.6 Å². The van der Waals surface area contributed by atoms with Crippen LogP contribution in [0.5, 0.6) is 11.5 Å². The molecule has 6 heteroatoms. The van der Waals surface area contributed by atoms with Crippen molar-refractivity contribution in [1.29, 1.82) is 5.26 Å². The summed E-state index contributed by atoms with van der Waals surface area (Å²) in [7, 11) is 2.72. The molecule has 0 N–H and O–H groups in total. The number of halogens is 2. The maximum absolute atomic E-state index is 12.8. The van der Waals surface area contributed by atoms with Gasteiger partial charge in [0.25, 0.3) is 0 Å². The lowest BCUT2D eigenvalue weighted by molar-refractivity contribution is 0.101. The second-order valence-corrected chi connectivity index (χ2v) is 4.37. The number of hydrogen-bond acceptors (Lipinski definition) is 4. The lowest BCUT2D eigenvalue weighted by atomic mass is 10.1. The third-order valence-corrected chi connectivity index (χ3v) is 2.84. The van der Waals surface area contributed by atoms with Crippen molar-refractivity contribution in [2.24, 2.45) is 0 Å². The molecule has 0 fully saturated rings. The molecule has 120 valence electrons. The fourth-order valence-electron chi connectivity index (χ4n) is 1.61. The van der Waals surface area contributed by atoms with Crippen molar-refractivity contribution >= 4 is 5.78 Å². The number of rotatable bonds is 3. The summed E-state index contributed by atoms with van der Waals surface area (Å²) >= 11 is 0. The highest BCUT2D eigenvalue weighted by atomic mass is 19.1. The van der Waals surface area contributed by atoms with E-state index in [1.54, 1.807) is 0 Å². The number of Topliss-reactive ketones (excluding diaryl/α,β-unsaturated/α-hetero) is 1. The first kappa shape index (κ1) is 18.1. The molecule has 0 unspecified atom stereocenters. The van der Waals surface area contributed by atoms with Gasteiger partial charge in [-0.2, -0.15) is 5.26 Å². The van der Waals surface area contributed by atoms with E-state index in [0.29, 0.717) is 11.1 Å². The highest BCUT2D eigenvalue weighted by Gasteiger charge is 2.05. The third kappa shape index (κ3) is 5.08. The van der Waals surface area contributed by atoms with Gasteiger partial charge < -0.3 is 9.47 Å². The Kier molecular flexibility index (Phi) is 6.68. The Labute approximate surface area is 132 Å². The average Bonchev–Trinajstić information content (AvgIpc) is 2.56. The van der Waals surface area contributed by atoms with Gasteiger partial charge in [-0.25, -0.2) is 8.78 Å². The van der Waals surface area contributed by atoms with Crippen molar-refractivity contribution in [3.63, 3.8) is 0 Å². The zero-order valence-corrected chi connectivity index (χ0v) is 12.9. The molecule has 0 aromatic heterocycles. The molecule has 0 aliphatic rings. The Balaban J connectivity index is 0.000000231. The number of carbonyl (C=O) groups excluding carboxylic acids is 1. The van der Waals surface area contributed by atoms with Crippen LogP contribution in [0, 0.1) is 23.0 Å². The maximum Gasteiger partial charge on any atom is 0.165 e. The van der Waals surface area contributed by atoms with Gasteiger partial charge in [-0.3, -0.25) is 4.79 Å². The molecule has 0 aliphatic heterocycles. The molecule has 2 rings (SSSR count). The zero-order chi connectivity index (χ0) is 17.4. The van der Waals surface area contributed by atoms with E-state index in [1.807, 2.05) is 6.07 Å². The lowest BCUT2D eigenvalue weighted by Gasteiger charge is -2.02. The van der Waals surface area contributed by atoms with Gasteiger partial charge >= 0.3 is 0 Å². The van der Waals surface area contributed by atoms with E-state index in [0.717, 1.165) is 0 Å². The Hall–Kier alpha value is -2.94. The molecule has 2 aromatic rings. The maximum atomic E-state index is 12.8. The number of methoxy groups -OCH3 is 2. The predicted molar refractivity (Wildman–Crippen MR) is 80.6 cm³/mol.